The van der Waals surface area contributed by atoms with Gasteiger partial charge in [-0.3, -0.25) is 4.79 Å². The van der Waals surface area contributed by atoms with Crippen LogP contribution in [0.3, 0.4) is 0 Å². The largest absolute Gasteiger partial charge is 0.497 e. The van der Waals surface area contributed by atoms with Gasteiger partial charge in [0.25, 0.3) is 0 Å². The maximum Gasteiger partial charge on any atom is 0.342 e. The van der Waals surface area contributed by atoms with Crippen LogP contribution < -0.4 is 15.2 Å². The SMILES string of the molecule is COc1ccc(C(=O)C(C)OC(=O)c2cc(Cl)c(N)cc2OC)cc1. The van der Waals surface area contributed by atoms with Gasteiger partial charge in [0.15, 0.2) is 6.10 Å². The summed E-state index contributed by atoms with van der Waals surface area (Å²) in [6.45, 7) is 1.50. The maximum atomic E-state index is 12.4. The molecular weight excluding hydrogens is 346 g/mol. The number of ether oxygens (including phenoxy) is 3. The van der Waals surface area contributed by atoms with E-state index in [4.69, 9.17) is 31.5 Å². The Balaban J connectivity index is 2.16. The number of ketones is 1. The Hall–Kier alpha value is -2.73. The van der Waals surface area contributed by atoms with Crippen LogP contribution in [0.5, 0.6) is 11.5 Å². The molecule has 132 valence electrons. The van der Waals surface area contributed by atoms with Gasteiger partial charge < -0.3 is 19.9 Å². The van der Waals surface area contributed by atoms with Crippen LogP contribution in [0.1, 0.15) is 27.6 Å². The van der Waals surface area contributed by atoms with Crippen LogP contribution in [0.2, 0.25) is 5.02 Å². The van der Waals surface area contributed by atoms with Crippen molar-refractivity contribution in [3.63, 3.8) is 0 Å². The molecule has 0 aromatic heterocycles. The molecular formula is C18H18ClNO5. The molecule has 0 heterocycles. The van der Waals surface area contributed by atoms with Gasteiger partial charge in [-0.15, -0.1) is 0 Å². The Kier molecular flexibility index (Phi) is 5.88. The molecule has 0 fully saturated rings. The van der Waals surface area contributed by atoms with E-state index in [0.717, 1.165) is 0 Å². The third-order valence-corrected chi connectivity index (χ3v) is 3.89. The van der Waals surface area contributed by atoms with Gasteiger partial charge in [0.2, 0.25) is 5.78 Å². The summed E-state index contributed by atoms with van der Waals surface area (Å²) < 4.78 is 15.4. The number of nitrogens with two attached hydrogens (primary N) is 1. The highest BCUT2D eigenvalue weighted by Crippen LogP contribution is 2.29. The molecule has 2 rings (SSSR count). The van der Waals surface area contributed by atoms with E-state index in [-0.39, 0.29) is 27.8 Å². The Labute approximate surface area is 150 Å². The standard InChI is InChI=1S/C18H18ClNO5/c1-10(17(21)11-4-6-12(23-2)7-5-11)25-18(22)13-8-14(19)15(20)9-16(13)24-3/h4-10H,20H2,1-3H3. The molecule has 25 heavy (non-hydrogen) atoms. The minimum absolute atomic E-state index is 0.0936. The van der Waals surface area contributed by atoms with Crippen molar-refractivity contribution in [2.45, 2.75) is 13.0 Å². The normalized spacial score (nSPS) is 11.5. The lowest BCUT2D eigenvalue weighted by atomic mass is 10.1. The zero-order valence-corrected chi connectivity index (χ0v) is 14.8. The number of methoxy groups -OCH3 is 2. The molecule has 6 nitrogen and oxygen atoms in total. The first kappa shape index (κ1) is 18.6. The van der Waals surface area contributed by atoms with Crippen molar-refractivity contribution in [3.05, 3.63) is 52.5 Å². The Bertz CT molecular complexity index is 789. The van der Waals surface area contributed by atoms with Gasteiger partial charge >= 0.3 is 5.97 Å². The zero-order chi connectivity index (χ0) is 18.6. The molecule has 2 aromatic carbocycles. The second-order valence-electron chi connectivity index (χ2n) is 5.21. The number of benzene rings is 2. The predicted octanol–water partition coefficient (Wildman–Crippen LogP) is 3.37. The van der Waals surface area contributed by atoms with Crippen LogP contribution in [0.4, 0.5) is 5.69 Å². The maximum absolute atomic E-state index is 12.4. The van der Waals surface area contributed by atoms with Gasteiger partial charge in [0.1, 0.15) is 17.1 Å². The molecule has 0 radical (unpaired) electrons. The van der Waals surface area contributed by atoms with E-state index in [9.17, 15) is 9.59 Å². The summed E-state index contributed by atoms with van der Waals surface area (Å²) in [5.74, 6) is -0.219. The predicted molar refractivity (Wildman–Crippen MR) is 94.6 cm³/mol. The topological polar surface area (TPSA) is 87.9 Å². The van der Waals surface area contributed by atoms with Crippen LogP contribution in [0.25, 0.3) is 0 Å². The minimum Gasteiger partial charge on any atom is -0.497 e. The summed E-state index contributed by atoms with van der Waals surface area (Å²) in [5.41, 5.74) is 6.46. The number of nitrogen functional groups attached to an aromatic ring is 1. The van der Waals surface area contributed by atoms with Gasteiger partial charge in [-0.1, -0.05) is 11.6 Å². The summed E-state index contributed by atoms with van der Waals surface area (Å²) in [6, 6.07) is 9.30. The molecule has 2 aromatic rings. The molecule has 0 bridgehead atoms. The number of carbonyl (C=O) groups is 2. The van der Waals surface area contributed by atoms with Gasteiger partial charge in [-0.05, 0) is 37.3 Å². The van der Waals surface area contributed by atoms with Crippen molar-refractivity contribution in [3.8, 4) is 11.5 Å². The number of carbonyl (C=O) groups excluding carboxylic acids is 2. The van der Waals surface area contributed by atoms with Crippen molar-refractivity contribution in [1.82, 2.24) is 0 Å². The number of Topliss-reactive ketones (excluding diaryl/α,β-unsaturated/α-hetero) is 1. The third kappa shape index (κ3) is 4.22. The van der Waals surface area contributed by atoms with Crippen molar-refractivity contribution >= 4 is 29.0 Å². The van der Waals surface area contributed by atoms with Crippen LogP contribution in [-0.4, -0.2) is 32.1 Å². The molecule has 0 aliphatic rings. The van der Waals surface area contributed by atoms with Crippen LogP contribution in [0, 0.1) is 0 Å². The van der Waals surface area contributed by atoms with Gasteiger partial charge in [-0.25, -0.2) is 4.79 Å². The van der Waals surface area contributed by atoms with E-state index >= 15 is 0 Å². The summed E-state index contributed by atoms with van der Waals surface area (Å²) in [6.07, 6.45) is -0.984. The molecule has 0 spiro atoms. The third-order valence-electron chi connectivity index (χ3n) is 3.57. The highest BCUT2D eigenvalue weighted by molar-refractivity contribution is 6.33. The van der Waals surface area contributed by atoms with E-state index in [1.54, 1.807) is 24.3 Å². The van der Waals surface area contributed by atoms with Crippen LogP contribution in [-0.2, 0) is 4.74 Å². The van der Waals surface area contributed by atoms with E-state index in [1.807, 2.05) is 0 Å². The van der Waals surface area contributed by atoms with Crippen LogP contribution in [0.15, 0.2) is 36.4 Å². The smallest absolute Gasteiger partial charge is 0.342 e. The average molecular weight is 364 g/mol. The highest BCUT2D eigenvalue weighted by Gasteiger charge is 2.23. The Morgan fingerprint density at radius 1 is 1.08 bits per heavy atom. The molecule has 0 aliphatic heterocycles. The molecule has 0 aliphatic carbocycles. The number of hydrogen-bond donors (Lipinski definition) is 1. The van der Waals surface area contributed by atoms with Gasteiger partial charge in [0, 0.05) is 11.6 Å². The van der Waals surface area contributed by atoms with E-state index < -0.39 is 12.1 Å². The summed E-state index contributed by atoms with van der Waals surface area (Å²) >= 11 is 5.94. The lowest BCUT2D eigenvalue weighted by molar-refractivity contribution is 0.0316. The van der Waals surface area contributed by atoms with Crippen molar-refractivity contribution in [2.24, 2.45) is 0 Å². The lowest BCUT2D eigenvalue weighted by Gasteiger charge is -2.15. The molecule has 1 unspecified atom stereocenters. The quantitative estimate of drug-likeness (QED) is 0.481. The second kappa shape index (κ2) is 7.90. The monoisotopic (exact) mass is 363 g/mol. The fourth-order valence-electron chi connectivity index (χ4n) is 2.17. The van der Waals surface area contributed by atoms with E-state index in [0.29, 0.717) is 11.3 Å². The molecule has 0 saturated carbocycles. The van der Waals surface area contributed by atoms with Gasteiger partial charge in [-0.2, -0.15) is 0 Å². The Morgan fingerprint density at radius 2 is 1.72 bits per heavy atom. The van der Waals surface area contributed by atoms with Crippen molar-refractivity contribution in [2.75, 3.05) is 20.0 Å². The number of halogens is 1. The van der Waals surface area contributed by atoms with Crippen LogP contribution >= 0.6 is 11.6 Å². The first-order valence-electron chi connectivity index (χ1n) is 7.39. The zero-order valence-electron chi connectivity index (χ0n) is 14.0. The van der Waals surface area contributed by atoms with Gasteiger partial charge in [0.05, 0.1) is 24.9 Å². The lowest BCUT2D eigenvalue weighted by Crippen LogP contribution is -2.24. The summed E-state index contributed by atoms with van der Waals surface area (Å²) in [7, 11) is 2.93. The Morgan fingerprint density at radius 3 is 2.28 bits per heavy atom. The summed E-state index contributed by atoms with van der Waals surface area (Å²) in [5, 5.41) is 0.196. The number of anilines is 1. The van der Waals surface area contributed by atoms with Crippen molar-refractivity contribution < 1.29 is 23.8 Å². The molecule has 0 saturated heterocycles. The minimum atomic E-state index is -0.984. The first-order chi connectivity index (χ1) is 11.9. The molecule has 7 heteroatoms. The fourth-order valence-corrected chi connectivity index (χ4v) is 2.33. The number of rotatable bonds is 6. The van der Waals surface area contributed by atoms with E-state index in [2.05, 4.69) is 0 Å². The molecule has 2 N–H and O–H groups in total. The van der Waals surface area contributed by atoms with E-state index in [1.165, 1.54) is 33.3 Å². The first-order valence-corrected chi connectivity index (χ1v) is 7.77. The summed E-state index contributed by atoms with van der Waals surface area (Å²) in [4.78, 5) is 24.8. The van der Waals surface area contributed by atoms with Crippen molar-refractivity contribution in [1.29, 1.82) is 0 Å². The average Bonchev–Trinajstić information content (AvgIpc) is 2.62. The fraction of sp³-hybridized carbons (Fsp3) is 0.222. The molecule has 1 atom stereocenters. The second-order valence-corrected chi connectivity index (χ2v) is 5.62. The number of hydrogen-bond acceptors (Lipinski definition) is 6. The molecule has 0 amide bonds. The number of esters is 1. The highest BCUT2D eigenvalue weighted by atomic mass is 35.5.